The Bertz CT molecular complexity index is 544. The number of methoxy groups -OCH3 is 1. The van der Waals surface area contributed by atoms with Gasteiger partial charge in [0.2, 0.25) is 0 Å². The number of benzene rings is 2. The minimum atomic E-state index is -0.196. The number of carbonyl (C=O) groups is 1. The molecule has 88 valence electrons. The van der Waals surface area contributed by atoms with Crippen LogP contribution >= 0.6 is 0 Å². The Morgan fingerprint density at radius 3 is 2.76 bits per heavy atom. The molecule has 0 heterocycles. The fourth-order valence-corrected chi connectivity index (χ4v) is 2.04. The zero-order valence-corrected chi connectivity index (χ0v) is 10.2. The molecule has 0 spiro atoms. The van der Waals surface area contributed by atoms with Gasteiger partial charge in [0.05, 0.1) is 13.5 Å². The molecular weight excluding hydrogens is 212 g/mol. The standard InChI is InChI=1S/C15H16O2/c1-3-12-5-4-6-13-8-7-11(9-14(12)13)10-15(16)17-2/h4-9H,3,10H2,1-2H3. The van der Waals surface area contributed by atoms with Crippen molar-refractivity contribution in [2.24, 2.45) is 0 Å². The molecule has 2 aromatic carbocycles. The van der Waals surface area contributed by atoms with E-state index in [0.29, 0.717) is 6.42 Å². The van der Waals surface area contributed by atoms with Crippen molar-refractivity contribution in [1.82, 2.24) is 0 Å². The van der Waals surface area contributed by atoms with Crippen LogP contribution in [0.2, 0.25) is 0 Å². The van der Waals surface area contributed by atoms with Crippen LogP contribution in [0.4, 0.5) is 0 Å². The first-order valence-electron chi connectivity index (χ1n) is 5.82. The van der Waals surface area contributed by atoms with Gasteiger partial charge in [-0.05, 0) is 28.3 Å². The van der Waals surface area contributed by atoms with Crippen molar-refractivity contribution in [3.63, 3.8) is 0 Å². The van der Waals surface area contributed by atoms with Gasteiger partial charge in [-0.25, -0.2) is 0 Å². The van der Waals surface area contributed by atoms with Gasteiger partial charge in [-0.3, -0.25) is 4.79 Å². The Morgan fingerprint density at radius 1 is 1.24 bits per heavy atom. The summed E-state index contributed by atoms with van der Waals surface area (Å²) in [6, 6.07) is 12.4. The molecule has 2 rings (SSSR count). The molecule has 0 saturated heterocycles. The van der Waals surface area contributed by atoms with Crippen LogP contribution < -0.4 is 0 Å². The van der Waals surface area contributed by atoms with E-state index < -0.39 is 0 Å². The van der Waals surface area contributed by atoms with Crippen LogP contribution in [0.5, 0.6) is 0 Å². The number of esters is 1. The summed E-state index contributed by atoms with van der Waals surface area (Å²) in [5, 5.41) is 2.45. The van der Waals surface area contributed by atoms with E-state index in [9.17, 15) is 4.79 Å². The second kappa shape index (κ2) is 5.00. The van der Waals surface area contributed by atoms with Crippen molar-refractivity contribution in [1.29, 1.82) is 0 Å². The first kappa shape index (κ1) is 11.6. The Kier molecular flexibility index (Phi) is 3.43. The van der Waals surface area contributed by atoms with Crippen molar-refractivity contribution in [2.75, 3.05) is 7.11 Å². The molecule has 0 amide bonds. The third-order valence-corrected chi connectivity index (χ3v) is 2.99. The Morgan fingerprint density at radius 2 is 2.06 bits per heavy atom. The predicted octanol–water partition coefficient (Wildman–Crippen LogP) is 3.12. The number of hydrogen-bond acceptors (Lipinski definition) is 2. The summed E-state index contributed by atoms with van der Waals surface area (Å²) >= 11 is 0. The van der Waals surface area contributed by atoms with Crippen molar-refractivity contribution in [2.45, 2.75) is 19.8 Å². The molecule has 0 fully saturated rings. The molecule has 2 nitrogen and oxygen atoms in total. The zero-order valence-electron chi connectivity index (χ0n) is 10.2. The van der Waals surface area contributed by atoms with E-state index in [1.54, 1.807) is 0 Å². The monoisotopic (exact) mass is 228 g/mol. The quantitative estimate of drug-likeness (QED) is 0.754. The number of hydrogen-bond donors (Lipinski definition) is 0. The lowest BCUT2D eigenvalue weighted by atomic mass is 9.99. The smallest absolute Gasteiger partial charge is 0.309 e. The van der Waals surface area contributed by atoms with Crippen LogP contribution in [0.3, 0.4) is 0 Å². The van der Waals surface area contributed by atoms with E-state index in [4.69, 9.17) is 0 Å². The summed E-state index contributed by atoms with van der Waals surface area (Å²) in [4.78, 5) is 11.2. The highest BCUT2D eigenvalue weighted by Gasteiger charge is 2.05. The summed E-state index contributed by atoms with van der Waals surface area (Å²) in [7, 11) is 1.42. The third kappa shape index (κ3) is 2.47. The Hall–Kier alpha value is -1.83. The van der Waals surface area contributed by atoms with Crippen molar-refractivity contribution >= 4 is 16.7 Å². The predicted molar refractivity (Wildman–Crippen MR) is 69.0 cm³/mol. The average Bonchev–Trinajstić information content (AvgIpc) is 2.37. The lowest BCUT2D eigenvalue weighted by Gasteiger charge is -2.06. The summed E-state index contributed by atoms with van der Waals surface area (Å²) in [6.07, 6.45) is 1.34. The average molecular weight is 228 g/mol. The molecule has 0 bridgehead atoms. The van der Waals surface area contributed by atoms with Gasteiger partial charge < -0.3 is 4.74 Å². The van der Waals surface area contributed by atoms with Gasteiger partial charge in [0.1, 0.15) is 0 Å². The van der Waals surface area contributed by atoms with Crippen LogP contribution in [-0.2, 0) is 22.4 Å². The van der Waals surface area contributed by atoms with Crippen molar-refractivity contribution in [3.05, 3.63) is 47.5 Å². The van der Waals surface area contributed by atoms with Crippen LogP contribution in [0, 0.1) is 0 Å². The molecule has 17 heavy (non-hydrogen) atoms. The second-order valence-corrected chi connectivity index (χ2v) is 4.08. The van der Waals surface area contributed by atoms with Gasteiger partial charge >= 0.3 is 5.97 Å². The summed E-state index contributed by atoms with van der Waals surface area (Å²) in [6.45, 7) is 2.14. The van der Waals surface area contributed by atoms with E-state index in [2.05, 4.69) is 42.0 Å². The zero-order chi connectivity index (χ0) is 12.3. The normalized spacial score (nSPS) is 10.5. The van der Waals surface area contributed by atoms with Gasteiger partial charge in [-0.2, -0.15) is 0 Å². The van der Waals surface area contributed by atoms with E-state index in [1.807, 2.05) is 6.07 Å². The molecule has 0 saturated carbocycles. The summed E-state index contributed by atoms with van der Waals surface area (Å²) < 4.78 is 4.68. The van der Waals surface area contributed by atoms with Gasteiger partial charge in [0.15, 0.2) is 0 Å². The highest BCUT2D eigenvalue weighted by Crippen LogP contribution is 2.21. The molecule has 0 radical (unpaired) electrons. The SMILES string of the molecule is CCc1cccc2ccc(CC(=O)OC)cc12. The molecular formula is C15H16O2. The summed E-state index contributed by atoms with van der Waals surface area (Å²) in [5.74, 6) is -0.196. The van der Waals surface area contributed by atoms with Gasteiger partial charge in [0.25, 0.3) is 0 Å². The van der Waals surface area contributed by atoms with Gasteiger partial charge in [-0.1, -0.05) is 43.3 Å². The van der Waals surface area contributed by atoms with E-state index in [-0.39, 0.29) is 5.97 Å². The van der Waals surface area contributed by atoms with E-state index in [0.717, 1.165) is 12.0 Å². The number of rotatable bonds is 3. The van der Waals surface area contributed by atoms with Crippen molar-refractivity contribution in [3.8, 4) is 0 Å². The Labute approximate surface area is 101 Å². The molecule has 0 aliphatic rings. The second-order valence-electron chi connectivity index (χ2n) is 4.08. The molecule has 2 aromatic rings. The van der Waals surface area contributed by atoms with Crippen LogP contribution in [0.1, 0.15) is 18.1 Å². The van der Waals surface area contributed by atoms with Crippen LogP contribution in [0.25, 0.3) is 10.8 Å². The lowest BCUT2D eigenvalue weighted by Crippen LogP contribution is -2.04. The molecule has 0 N–H and O–H groups in total. The fraction of sp³-hybridized carbons (Fsp3) is 0.267. The first-order valence-corrected chi connectivity index (χ1v) is 5.82. The number of aryl methyl sites for hydroxylation is 1. The van der Waals surface area contributed by atoms with Gasteiger partial charge in [0, 0.05) is 0 Å². The third-order valence-electron chi connectivity index (χ3n) is 2.99. The van der Waals surface area contributed by atoms with E-state index >= 15 is 0 Å². The minimum Gasteiger partial charge on any atom is -0.469 e. The lowest BCUT2D eigenvalue weighted by molar-refractivity contribution is -0.139. The Balaban J connectivity index is 2.44. The molecule has 0 aliphatic heterocycles. The highest BCUT2D eigenvalue weighted by atomic mass is 16.5. The largest absolute Gasteiger partial charge is 0.469 e. The topological polar surface area (TPSA) is 26.3 Å². The molecule has 0 aliphatic carbocycles. The molecule has 2 heteroatoms. The molecule has 0 atom stereocenters. The fourth-order valence-electron chi connectivity index (χ4n) is 2.04. The molecule has 0 unspecified atom stereocenters. The minimum absolute atomic E-state index is 0.196. The first-order chi connectivity index (χ1) is 8.24. The van der Waals surface area contributed by atoms with Crippen molar-refractivity contribution < 1.29 is 9.53 Å². The number of fused-ring (bicyclic) bond motifs is 1. The number of carbonyl (C=O) groups excluding carboxylic acids is 1. The summed E-state index contributed by atoms with van der Waals surface area (Å²) in [5.41, 5.74) is 2.32. The van der Waals surface area contributed by atoms with E-state index in [1.165, 1.54) is 23.4 Å². The van der Waals surface area contributed by atoms with Crippen LogP contribution in [-0.4, -0.2) is 13.1 Å². The highest BCUT2D eigenvalue weighted by molar-refractivity contribution is 5.87. The molecule has 0 aromatic heterocycles. The van der Waals surface area contributed by atoms with Gasteiger partial charge in [-0.15, -0.1) is 0 Å². The maximum Gasteiger partial charge on any atom is 0.309 e. The maximum absolute atomic E-state index is 11.2. The van der Waals surface area contributed by atoms with Crippen LogP contribution in [0.15, 0.2) is 36.4 Å². The number of ether oxygens (including phenoxy) is 1. The maximum atomic E-state index is 11.2.